The molecule has 1 atom stereocenters. The number of methoxy groups -OCH3 is 1. The molecule has 7 heteroatoms. The molecule has 0 spiro atoms. The standard InChI is InChI=1S/C13H23N5O2/c1-13(19,5-6-20-2)8-15-10-7-11(18-14)17-12(16-10)9-3-4-9/h7,9,19H,3-6,8,14H2,1-2H3,(H2,15,16,17,18). The van der Waals surface area contributed by atoms with Gasteiger partial charge in [0.25, 0.3) is 0 Å². The van der Waals surface area contributed by atoms with E-state index in [4.69, 9.17) is 10.6 Å². The highest BCUT2D eigenvalue weighted by Crippen LogP contribution is 2.38. The van der Waals surface area contributed by atoms with E-state index >= 15 is 0 Å². The molecule has 1 aliphatic carbocycles. The van der Waals surface area contributed by atoms with Gasteiger partial charge in [0.2, 0.25) is 0 Å². The smallest absolute Gasteiger partial charge is 0.145 e. The molecular weight excluding hydrogens is 258 g/mol. The predicted octanol–water partition coefficient (Wildman–Crippen LogP) is 0.839. The predicted molar refractivity (Wildman–Crippen MR) is 77.4 cm³/mol. The van der Waals surface area contributed by atoms with Crippen LogP contribution in [0, 0.1) is 0 Å². The first-order chi connectivity index (χ1) is 9.54. The highest BCUT2D eigenvalue weighted by molar-refractivity contribution is 5.47. The fraction of sp³-hybridized carbons (Fsp3) is 0.692. The molecule has 0 aromatic carbocycles. The summed E-state index contributed by atoms with van der Waals surface area (Å²) in [5, 5.41) is 13.3. The van der Waals surface area contributed by atoms with Gasteiger partial charge in [0.15, 0.2) is 0 Å². The van der Waals surface area contributed by atoms with Crippen LogP contribution < -0.4 is 16.6 Å². The number of aliphatic hydroxyl groups is 1. The molecule has 2 rings (SSSR count). The Labute approximate surface area is 118 Å². The van der Waals surface area contributed by atoms with Crippen LogP contribution in [0.5, 0.6) is 0 Å². The van der Waals surface area contributed by atoms with Crippen LogP contribution in [-0.4, -0.2) is 40.9 Å². The lowest BCUT2D eigenvalue weighted by molar-refractivity contribution is 0.0357. The minimum Gasteiger partial charge on any atom is -0.388 e. The number of nitrogens with zero attached hydrogens (tertiary/aromatic N) is 2. The molecule has 1 aromatic heterocycles. The highest BCUT2D eigenvalue weighted by atomic mass is 16.5. The third-order valence-electron chi connectivity index (χ3n) is 3.33. The lowest BCUT2D eigenvalue weighted by atomic mass is 10.0. The van der Waals surface area contributed by atoms with Crippen molar-refractivity contribution in [3.63, 3.8) is 0 Å². The molecule has 1 fully saturated rings. The maximum Gasteiger partial charge on any atom is 0.145 e. The number of ether oxygens (including phenoxy) is 1. The second-order valence-corrected chi connectivity index (χ2v) is 5.51. The second-order valence-electron chi connectivity index (χ2n) is 5.51. The summed E-state index contributed by atoms with van der Waals surface area (Å²) in [6.07, 6.45) is 2.80. The summed E-state index contributed by atoms with van der Waals surface area (Å²) in [6.45, 7) is 2.67. The van der Waals surface area contributed by atoms with Crippen LogP contribution in [0.3, 0.4) is 0 Å². The summed E-state index contributed by atoms with van der Waals surface area (Å²) >= 11 is 0. The molecule has 1 heterocycles. The maximum atomic E-state index is 10.2. The molecule has 0 bridgehead atoms. The van der Waals surface area contributed by atoms with E-state index in [-0.39, 0.29) is 0 Å². The summed E-state index contributed by atoms with van der Waals surface area (Å²) < 4.78 is 4.99. The van der Waals surface area contributed by atoms with Gasteiger partial charge in [-0.3, -0.25) is 0 Å². The van der Waals surface area contributed by atoms with Crippen molar-refractivity contribution in [1.29, 1.82) is 0 Å². The Morgan fingerprint density at radius 3 is 2.75 bits per heavy atom. The van der Waals surface area contributed by atoms with E-state index in [1.165, 1.54) is 0 Å². The van der Waals surface area contributed by atoms with Crippen molar-refractivity contribution < 1.29 is 9.84 Å². The number of rotatable bonds is 8. The van der Waals surface area contributed by atoms with E-state index in [0.717, 1.165) is 18.7 Å². The summed E-state index contributed by atoms with van der Waals surface area (Å²) in [5.74, 6) is 7.93. The van der Waals surface area contributed by atoms with Gasteiger partial charge >= 0.3 is 0 Å². The Morgan fingerprint density at radius 2 is 2.15 bits per heavy atom. The number of nitrogens with one attached hydrogen (secondary N) is 2. The summed E-state index contributed by atoms with van der Waals surface area (Å²) in [7, 11) is 1.62. The largest absolute Gasteiger partial charge is 0.388 e. The van der Waals surface area contributed by atoms with Gasteiger partial charge in [-0.05, 0) is 19.8 Å². The molecule has 0 aliphatic heterocycles. The normalized spacial score (nSPS) is 17.6. The summed E-state index contributed by atoms with van der Waals surface area (Å²) in [6, 6.07) is 1.73. The van der Waals surface area contributed by atoms with Gasteiger partial charge in [0, 0.05) is 38.7 Å². The molecule has 0 radical (unpaired) electrons. The fourth-order valence-corrected chi connectivity index (χ4v) is 1.85. The van der Waals surface area contributed by atoms with Gasteiger partial charge in [-0.1, -0.05) is 0 Å². The third-order valence-corrected chi connectivity index (χ3v) is 3.33. The lowest BCUT2D eigenvalue weighted by Crippen LogP contribution is -2.35. The van der Waals surface area contributed by atoms with E-state index in [9.17, 15) is 5.11 Å². The van der Waals surface area contributed by atoms with E-state index in [0.29, 0.717) is 37.1 Å². The molecule has 112 valence electrons. The number of hydrazine groups is 1. The highest BCUT2D eigenvalue weighted by Gasteiger charge is 2.27. The lowest BCUT2D eigenvalue weighted by Gasteiger charge is -2.23. The molecule has 5 N–H and O–H groups in total. The SMILES string of the molecule is COCCC(C)(O)CNc1cc(NN)nc(C2CC2)n1. The molecule has 1 saturated carbocycles. The summed E-state index contributed by atoms with van der Waals surface area (Å²) in [5.41, 5.74) is 1.70. The molecule has 1 aromatic rings. The Kier molecular flexibility index (Phi) is 4.74. The van der Waals surface area contributed by atoms with E-state index in [1.54, 1.807) is 20.1 Å². The number of anilines is 2. The van der Waals surface area contributed by atoms with Gasteiger partial charge in [-0.15, -0.1) is 0 Å². The molecule has 7 nitrogen and oxygen atoms in total. The average Bonchev–Trinajstić information content (AvgIpc) is 3.27. The monoisotopic (exact) mass is 281 g/mol. The molecule has 0 amide bonds. The Bertz CT molecular complexity index is 448. The Hall–Kier alpha value is -1.44. The Morgan fingerprint density at radius 1 is 1.45 bits per heavy atom. The number of hydrogen-bond donors (Lipinski definition) is 4. The first-order valence-electron chi connectivity index (χ1n) is 6.85. The van der Waals surface area contributed by atoms with E-state index in [1.807, 2.05) is 0 Å². The van der Waals surface area contributed by atoms with Crippen LogP contribution in [0.25, 0.3) is 0 Å². The van der Waals surface area contributed by atoms with Gasteiger partial charge in [-0.2, -0.15) is 0 Å². The van der Waals surface area contributed by atoms with Gasteiger partial charge in [0.05, 0.1) is 5.60 Å². The zero-order valence-corrected chi connectivity index (χ0v) is 12.0. The van der Waals surface area contributed by atoms with Crippen LogP contribution in [0.4, 0.5) is 11.6 Å². The van der Waals surface area contributed by atoms with Crippen molar-refractivity contribution >= 4 is 11.6 Å². The van der Waals surface area contributed by atoms with Crippen LogP contribution in [0.2, 0.25) is 0 Å². The number of nitrogen functional groups attached to an aromatic ring is 1. The number of nitrogens with two attached hydrogens (primary N) is 1. The molecule has 1 aliphatic rings. The zero-order valence-electron chi connectivity index (χ0n) is 12.0. The minimum atomic E-state index is -0.850. The maximum absolute atomic E-state index is 10.2. The van der Waals surface area contributed by atoms with Crippen molar-refractivity contribution in [2.45, 2.75) is 37.7 Å². The average molecular weight is 281 g/mol. The van der Waals surface area contributed by atoms with Gasteiger partial charge in [-0.25, -0.2) is 15.8 Å². The van der Waals surface area contributed by atoms with Crippen LogP contribution in [-0.2, 0) is 4.74 Å². The van der Waals surface area contributed by atoms with Crippen molar-refractivity contribution in [3.05, 3.63) is 11.9 Å². The minimum absolute atomic E-state index is 0.390. The van der Waals surface area contributed by atoms with Crippen molar-refractivity contribution in [2.24, 2.45) is 5.84 Å². The topological polar surface area (TPSA) is 105 Å². The van der Waals surface area contributed by atoms with Crippen molar-refractivity contribution in [2.75, 3.05) is 31.0 Å². The first-order valence-corrected chi connectivity index (χ1v) is 6.85. The molecule has 0 saturated heterocycles. The van der Waals surface area contributed by atoms with Gasteiger partial charge in [0.1, 0.15) is 17.5 Å². The number of hydrogen-bond acceptors (Lipinski definition) is 7. The molecular formula is C13H23N5O2. The Balaban J connectivity index is 1.99. The first kappa shape index (κ1) is 15.0. The quantitative estimate of drug-likeness (QED) is 0.413. The van der Waals surface area contributed by atoms with Gasteiger partial charge < -0.3 is 20.6 Å². The third kappa shape index (κ3) is 4.29. The van der Waals surface area contributed by atoms with Crippen LogP contribution in [0.1, 0.15) is 37.9 Å². The summed E-state index contributed by atoms with van der Waals surface area (Å²) in [4.78, 5) is 8.80. The second kappa shape index (κ2) is 6.34. The van der Waals surface area contributed by atoms with Crippen LogP contribution >= 0.6 is 0 Å². The van der Waals surface area contributed by atoms with E-state index in [2.05, 4.69) is 20.7 Å². The van der Waals surface area contributed by atoms with E-state index < -0.39 is 5.60 Å². The number of aromatic nitrogens is 2. The molecule has 20 heavy (non-hydrogen) atoms. The zero-order chi connectivity index (χ0) is 14.6. The molecule has 1 unspecified atom stereocenters. The fourth-order valence-electron chi connectivity index (χ4n) is 1.85. The van der Waals surface area contributed by atoms with Crippen molar-refractivity contribution in [3.8, 4) is 0 Å². The van der Waals surface area contributed by atoms with Crippen molar-refractivity contribution in [1.82, 2.24) is 9.97 Å². The van der Waals surface area contributed by atoms with Crippen LogP contribution in [0.15, 0.2) is 6.07 Å².